The summed E-state index contributed by atoms with van der Waals surface area (Å²) in [6.07, 6.45) is -4.57. The Hall–Kier alpha value is -1.83. The minimum atomic E-state index is -4.57. The van der Waals surface area contributed by atoms with E-state index in [-0.39, 0.29) is 23.3 Å². The molecule has 0 saturated carbocycles. The predicted molar refractivity (Wildman–Crippen MR) is 67.1 cm³/mol. The second kappa shape index (κ2) is 4.93. The van der Waals surface area contributed by atoms with Gasteiger partial charge in [-0.05, 0) is 18.1 Å². The van der Waals surface area contributed by atoms with E-state index in [1.165, 1.54) is 0 Å². The molecule has 4 N–H and O–H groups in total. The van der Waals surface area contributed by atoms with E-state index in [1.807, 2.05) is 6.92 Å². The number of carbonyl (C=O) groups excluding carboxylic acids is 1. The number of nitrogens with zero attached hydrogens (tertiary/aromatic N) is 2. The van der Waals surface area contributed by atoms with Gasteiger partial charge in [0.1, 0.15) is 11.5 Å². The van der Waals surface area contributed by atoms with Crippen molar-refractivity contribution in [3.05, 3.63) is 23.4 Å². The van der Waals surface area contributed by atoms with E-state index in [0.717, 1.165) is 12.1 Å². The molecule has 0 bridgehead atoms. The van der Waals surface area contributed by atoms with Crippen LogP contribution in [0.25, 0.3) is 0 Å². The molecular weight excluding hydrogens is 273 g/mol. The maximum absolute atomic E-state index is 12.7. The predicted octanol–water partition coefficient (Wildman–Crippen LogP) is 0.983. The molecule has 1 aromatic heterocycles. The highest BCUT2D eigenvalue weighted by Crippen LogP contribution is 2.32. The number of halogens is 3. The Morgan fingerprint density at radius 3 is 2.50 bits per heavy atom. The number of aromatic nitrogens is 1. The molecule has 110 valence electrons. The van der Waals surface area contributed by atoms with E-state index >= 15 is 0 Å². The fourth-order valence-corrected chi connectivity index (χ4v) is 2.20. The van der Waals surface area contributed by atoms with Crippen molar-refractivity contribution < 1.29 is 18.0 Å². The van der Waals surface area contributed by atoms with E-state index in [1.54, 1.807) is 4.90 Å². The normalized spacial score (nSPS) is 23.1. The van der Waals surface area contributed by atoms with Gasteiger partial charge in [-0.2, -0.15) is 13.2 Å². The average Bonchev–Trinajstić information content (AvgIpc) is 2.67. The first-order valence-electron chi connectivity index (χ1n) is 6.08. The van der Waals surface area contributed by atoms with Crippen LogP contribution >= 0.6 is 0 Å². The molecule has 0 radical (unpaired) electrons. The van der Waals surface area contributed by atoms with Gasteiger partial charge in [0, 0.05) is 19.1 Å². The number of anilines is 1. The number of primary amides is 1. The van der Waals surface area contributed by atoms with Gasteiger partial charge in [-0.25, -0.2) is 4.98 Å². The van der Waals surface area contributed by atoms with Gasteiger partial charge in [-0.1, -0.05) is 6.92 Å². The number of pyridine rings is 1. The highest BCUT2D eigenvalue weighted by molar-refractivity contribution is 5.97. The zero-order valence-electron chi connectivity index (χ0n) is 10.8. The topological polar surface area (TPSA) is 85.2 Å². The number of hydrogen-bond acceptors (Lipinski definition) is 4. The first-order chi connectivity index (χ1) is 9.20. The lowest BCUT2D eigenvalue weighted by molar-refractivity contribution is -0.141. The summed E-state index contributed by atoms with van der Waals surface area (Å²) >= 11 is 0. The van der Waals surface area contributed by atoms with Crippen LogP contribution in [-0.4, -0.2) is 30.0 Å². The van der Waals surface area contributed by atoms with Gasteiger partial charge >= 0.3 is 6.18 Å². The summed E-state index contributed by atoms with van der Waals surface area (Å²) in [5.74, 6) is -0.756. The fourth-order valence-electron chi connectivity index (χ4n) is 2.20. The summed E-state index contributed by atoms with van der Waals surface area (Å²) in [6, 6.07) is 1.64. The lowest BCUT2D eigenvalue weighted by Crippen LogP contribution is -2.30. The van der Waals surface area contributed by atoms with Gasteiger partial charge in [0.15, 0.2) is 0 Å². The van der Waals surface area contributed by atoms with Crippen molar-refractivity contribution in [3.63, 3.8) is 0 Å². The monoisotopic (exact) mass is 288 g/mol. The van der Waals surface area contributed by atoms with Crippen molar-refractivity contribution in [2.75, 3.05) is 18.0 Å². The van der Waals surface area contributed by atoms with E-state index in [4.69, 9.17) is 11.5 Å². The van der Waals surface area contributed by atoms with Gasteiger partial charge < -0.3 is 16.4 Å². The summed E-state index contributed by atoms with van der Waals surface area (Å²) in [5, 5.41) is 0. The van der Waals surface area contributed by atoms with Crippen LogP contribution < -0.4 is 16.4 Å². The smallest absolute Gasteiger partial charge is 0.365 e. The lowest BCUT2D eigenvalue weighted by atomic mass is 10.1. The third-order valence-corrected chi connectivity index (χ3v) is 3.40. The standard InChI is InChI=1S/C12H15F3N4O/c1-6-4-19(5-8(6)16)11-7(10(17)20)2-3-9(18-11)12(13,14)15/h2-3,6,8H,4-5,16H2,1H3,(H2,17,20). The molecular formula is C12H15F3N4O. The molecule has 1 aromatic rings. The summed E-state index contributed by atoms with van der Waals surface area (Å²) in [4.78, 5) is 16.5. The zero-order valence-corrected chi connectivity index (χ0v) is 10.8. The number of alkyl halides is 3. The minimum absolute atomic E-state index is 0.0284. The lowest BCUT2D eigenvalue weighted by Gasteiger charge is -2.20. The molecule has 20 heavy (non-hydrogen) atoms. The second-order valence-corrected chi connectivity index (χ2v) is 4.98. The molecule has 1 amide bonds. The molecule has 1 saturated heterocycles. The Labute approximate surface area is 113 Å². The van der Waals surface area contributed by atoms with Crippen molar-refractivity contribution in [2.24, 2.45) is 17.4 Å². The van der Waals surface area contributed by atoms with Gasteiger partial charge in [0.25, 0.3) is 5.91 Å². The van der Waals surface area contributed by atoms with Crippen molar-refractivity contribution in [1.29, 1.82) is 0 Å². The number of nitrogens with two attached hydrogens (primary N) is 2. The summed E-state index contributed by atoms with van der Waals surface area (Å²) in [7, 11) is 0. The molecule has 1 aliphatic rings. The van der Waals surface area contributed by atoms with Gasteiger partial charge in [0.05, 0.1) is 5.56 Å². The molecule has 8 heteroatoms. The first kappa shape index (κ1) is 14.6. The van der Waals surface area contributed by atoms with Crippen molar-refractivity contribution in [2.45, 2.75) is 19.1 Å². The number of carbonyl (C=O) groups is 1. The van der Waals surface area contributed by atoms with Crippen molar-refractivity contribution in [3.8, 4) is 0 Å². The average molecular weight is 288 g/mol. The molecule has 2 rings (SSSR count). The van der Waals surface area contributed by atoms with Crippen LogP contribution in [0.2, 0.25) is 0 Å². The third kappa shape index (κ3) is 2.69. The number of hydrogen-bond donors (Lipinski definition) is 2. The second-order valence-electron chi connectivity index (χ2n) is 4.98. The van der Waals surface area contributed by atoms with Gasteiger partial charge in [-0.3, -0.25) is 4.79 Å². The molecule has 0 spiro atoms. The maximum atomic E-state index is 12.7. The van der Waals surface area contributed by atoms with E-state index < -0.39 is 17.8 Å². The molecule has 2 atom stereocenters. The molecule has 0 aliphatic carbocycles. The molecule has 1 aliphatic heterocycles. The maximum Gasteiger partial charge on any atom is 0.433 e. The van der Waals surface area contributed by atoms with Crippen LogP contribution in [0.4, 0.5) is 19.0 Å². The minimum Gasteiger partial charge on any atom is -0.365 e. The van der Waals surface area contributed by atoms with Crippen molar-refractivity contribution >= 4 is 11.7 Å². The van der Waals surface area contributed by atoms with E-state index in [0.29, 0.717) is 13.1 Å². The highest BCUT2D eigenvalue weighted by atomic mass is 19.4. The summed E-state index contributed by atoms with van der Waals surface area (Å²) in [5.41, 5.74) is 9.96. The molecule has 0 aromatic carbocycles. The SMILES string of the molecule is CC1CN(c2nc(C(F)(F)F)ccc2C(N)=O)CC1N. The highest BCUT2D eigenvalue weighted by Gasteiger charge is 2.36. The van der Waals surface area contributed by atoms with Gasteiger partial charge in [0.2, 0.25) is 0 Å². The number of rotatable bonds is 2. The Morgan fingerprint density at radius 1 is 1.40 bits per heavy atom. The van der Waals surface area contributed by atoms with E-state index in [2.05, 4.69) is 4.98 Å². The first-order valence-corrected chi connectivity index (χ1v) is 6.08. The Morgan fingerprint density at radius 2 is 2.05 bits per heavy atom. The summed E-state index contributed by atoms with van der Waals surface area (Å²) < 4.78 is 38.2. The zero-order chi connectivity index (χ0) is 15.1. The summed E-state index contributed by atoms with van der Waals surface area (Å²) in [6.45, 7) is 2.67. The van der Waals surface area contributed by atoms with Crippen LogP contribution in [0.15, 0.2) is 12.1 Å². The Bertz CT molecular complexity index is 522. The van der Waals surface area contributed by atoms with Crippen LogP contribution in [0, 0.1) is 5.92 Å². The van der Waals surface area contributed by atoms with E-state index in [9.17, 15) is 18.0 Å². The van der Waals surface area contributed by atoms with Gasteiger partial charge in [-0.15, -0.1) is 0 Å². The molecule has 2 heterocycles. The van der Waals surface area contributed by atoms with Crippen LogP contribution in [0.5, 0.6) is 0 Å². The Balaban J connectivity index is 2.45. The molecule has 1 fully saturated rings. The molecule has 5 nitrogen and oxygen atoms in total. The van der Waals surface area contributed by atoms with Crippen LogP contribution in [-0.2, 0) is 6.18 Å². The fraction of sp³-hybridized carbons (Fsp3) is 0.500. The van der Waals surface area contributed by atoms with Crippen LogP contribution in [0.1, 0.15) is 23.0 Å². The van der Waals surface area contributed by atoms with Crippen LogP contribution in [0.3, 0.4) is 0 Å². The Kier molecular flexibility index (Phi) is 3.59. The third-order valence-electron chi connectivity index (χ3n) is 3.40. The molecule has 2 unspecified atom stereocenters. The quantitative estimate of drug-likeness (QED) is 0.849. The van der Waals surface area contributed by atoms with Crippen molar-refractivity contribution in [1.82, 2.24) is 4.98 Å². The largest absolute Gasteiger partial charge is 0.433 e. The number of amides is 1.